The van der Waals surface area contributed by atoms with Gasteiger partial charge in [0.05, 0.1) is 0 Å². The lowest BCUT2D eigenvalue weighted by atomic mass is 9.90. The zero-order valence-corrected chi connectivity index (χ0v) is 14.2. The standard InChI is InChI=1S/C15H21NO.C4H10/c1-12-3-5-14(6-4-12)11-15-7-9-16(10-8-15)13(2)17;1-3-4-2/h3-6,15H,7-11H2,1-2H3;3-4H2,1-2H3. The van der Waals surface area contributed by atoms with E-state index in [-0.39, 0.29) is 5.91 Å². The van der Waals surface area contributed by atoms with Crippen LogP contribution in [0.5, 0.6) is 0 Å². The number of carbonyl (C=O) groups excluding carboxylic acids is 1. The van der Waals surface area contributed by atoms with Gasteiger partial charge >= 0.3 is 0 Å². The van der Waals surface area contributed by atoms with E-state index in [1.807, 2.05) is 4.90 Å². The molecule has 118 valence electrons. The molecule has 0 aromatic heterocycles. The predicted octanol–water partition coefficient (Wildman–Crippen LogP) is 4.60. The summed E-state index contributed by atoms with van der Waals surface area (Å²) in [6.07, 6.45) is 6.09. The molecule has 2 rings (SSSR count). The van der Waals surface area contributed by atoms with Gasteiger partial charge in [0.15, 0.2) is 0 Å². The van der Waals surface area contributed by atoms with E-state index in [9.17, 15) is 4.79 Å². The second-order valence-corrected chi connectivity index (χ2v) is 6.14. The van der Waals surface area contributed by atoms with Gasteiger partial charge in [0.1, 0.15) is 0 Å². The lowest BCUT2D eigenvalue weighted by Crippen LogP contribution is -2.37. The van der Waals surface area contributed by atoms with Gasteiger partial charge in [-0.3, -0.25) is 4.79 Å². The van der Waals surface area contributed by atoms with Crippen LogP contribution < -0.4 is 0 Å². The van der Waals surface area contributed by atoms with Gasteiger partial charge < -0.3 is 4.90 Å². The van der Waals surface area contributed by atoms with E-state index in [0.29, 0.717) is 0 Å². The highest BCUT2D eigenvalue weighted by Gasteiger charge is 2.20. The molecule has 2 heteroatoms. The minimum atomic E-state index is 0.221. The number of piperidine rings is 1. The van der Waals surface area contributed by atoms with Gasteiger partial charge in [-0.2, -0.15) is 0 Å². The number of aryl methyl sites for hydroxylation is 1. The summed E-state index contributed by atoms with van der Waals surface area (Å²) >= 11 is 0. The molecule has 1 heterocycles. The van der Waals surface area contributed by atoms with Crippen molar-refractivity contribution in [1.82, 2.24) is 4.90 Å². The summed E-state index contributed by atoms with van der Waals surface area (Å²) in [7, 11) is 0. The van der Waals surface area contributed by atoms with Crippen LogP contribution in [0.2, 0.25) is 0 Å². The maximum absolute atomic E-state index is 11.2. The van der Waals surface area contributed by atoms with Crippen molar-refractivity contribution < 1.29 is 4.79 Å². The van der Waals surface area contributed by atoms with Crippen LogP contribution in [-0.2, 0) is 11.2 Å². The van der Waals surface area contributed by atoms with E-state index in [2.05, 4.69) is 45.0 Å². The Bertz CT molecular complexity index is 400. The number of rotatable bonds is 3. The first-order valence-corrected chi connectivity index (χ1v) is 8.37. The monoisotopic (exact) mass is 289 g/mol. The molecule has 1 aliphatic heterocycles. The van der Waals surface area contributed by atoms with Crippen LogP contribution in [0.15, 0.2) is 24.3 Å². The molecule has 0 bridgehead atoms. The second kappa shape index (κ2) is 9.59. The summed E-state index contributed by atoms with van der Waals surface area (Å²) in [5.41, 5.74) is 2.75. The van der Waals surface area contributed by atoms with Gasteiger partial charge in [0, 0.05) is 20.0 Å². The number of unbranched alkanes of at least 4 members (excludes halogenated alkanes) is 1. The lowest BCUT2D eigenvalue weighted by Gasteiger charge is -2.31. The number of amides is 1. The zero-order valence-electron chi connectivity index (χ0n) is 14.2. The molecule has 1 amide bonds. The van der Waals surface area contributed by atoms with Crippen LogP contribution in [0.3, 0.4) is 0 Å². The van der Waals surface area contributed by atoms with Gasteiger partial charge in [-0.05, 0) is 37.7 Å². The Morgan fingerprint density at radius 2 is 1.62 bits per heavy atom. The molecule has 0 unspecified atom stereocenters. The van der Waals surface area contributed by atoms with Gasteiger partial charge in [-0.1, -0.05) is 56.5 Å². The Hall–Kier alpha value is -1.31. The minimum Gasteiger partial charge on any atom is -0.343 e. The van der Waals surface area contributed by atoms with Gasteiger partial charge in [0.25, 0.3) is 0 Å². The third-order valence-electron chi connectivity index (χ3n) is 4.20. The molecule has 1 aliphatic rings. The first-order chi connectivity index (χ1) is 10.1. The number of carbonyl (C=O) groups is 1. The highest BCUT2D eigenvalue weighted by Crippen LogP contribution is 2.21. The smallest absolute Gasteiger partial charge is 0.219 e. The van der Waals surface area contributed by atoms with Gasteiger partial charge in [-0.15, -0.1) is 0 Å². The van der Waals surface area contributed by atoms with Crippen molar-refractivity contribution in [2.75, 3.05) is 13.1 Å². The number of likely N-dealkylation sites (tertiary alicyclic amines) is 1. The third kappa shape index (κ3) is 6.79. The fourth-order valence-electron chi connectivity index (χ4n) is 2.51. The lowest BCUT2D eigenvalue weighted by molar-refractivity contribution is -0.130. The molecule has 21 heavy (non-hydrogen) atoms. The quantitative estimate of drug-likeness (QED) is 0.796. The largest absolute Gasteiger partial charge is 0.343 e. The van der Waals surface area contributed by atoms with Crippen molar-refractivity contribution in [3.63, 3.8) is 0 Å². The highest BCUT2D eigenvalue weighted by molar-refractivity contribution is 5.73. The van der Waals surface area contributed by atoms with E-state index in [1.54, 1.807) is 6.92 Å². The summed E-state index contributed by atoms with van der Waals surface area (Å²) in [6.45, 7) is 10.0. The normalized spacial score (nSPS) is 15.3. The topological polar surface area (TPSA) is 20.3 Å². The Labute approximate surface area is 130 Å². The summed E-state index contributed by atoms with van der Waals surface area (Å²) in [5, 5.41) is 0. The fourth-order valence-corrected chi connectivity index (χ4v) is 2.51. The number of hydrogen-bond donors (Lipinski definition) is 0. The molecule has 0 radical (unpaired) electrons. The first-order valence-electron chi connectivity index (χ1n) is 8.37. The Morgan fingerprint density at radius 3 is 2.05 bits per heavy atom. The van der Waals surface area contributed by atoms with Crippen LogP contribution in [-0.4, -0.2) is 23.9 Å². The van der Waals surface area contributed by atoms with Crippen LogP contribution in [0, 0.1) is 12.8 Å². The molecule has 1 saturated heterocycles. The van der Waals surface area contributed by atoms with Crippen molar-refractivity contribution in [2.45, 2.75) is 59.8 Å². The summed E-state index contributed by atoms with van der Waals surface area (Å²) in [5.74, 6) is 0.965. The summed E-state index contributed by atoms with van der Waals surface area (Å²) in [6, 6.07) is 8.82. The van der Waals surface area contributed by atoms with E-state index in [1.165, 1.54) is 24.0 Å². The van der Waals surface area contributed by atoms with Crippen LogP contribution >= 0.6 is 0 Å². The first kappa shape index (κ1) is 17.7. The molecule has 1 fully saturated rings. The van der Waals surface area contributed by atoms with Crippen molar-refractivity contribution >= 4 is 5.91 Å². The highest BCUT2D eigenvalue weighted by atomic mass is 16.2. The summed E-state index contributed by atoms with van der Waals surface area (Å²) < 4.78 is 0. The maximum Gasteiger partial charge on any atom is 0.219 e. The maximum atomic E-state index is 11.2. The van der Waals surface area contributed by atoms with E-state index in [4.69, 9.17) is 0 Å². The van der Waals surface area contributed by atoms with E-state index in [0.717, 1.165) is 38.3 Å². The molecule has 0 spiro atoms. The van der Waals surface area contributed by atoms with E-state index >= 15 is 0 Å². The molecule has 0 atom stereocenters. The van der Waals surface area contributed by atoms with Crippen LogP contribution in [0.4, 0.5) is 0 Å². The molecule has 1 aromatic rings. The number of hydrogen-bond acceptors (Lipinski definition) is 1. The van der Waals surface area contributed by atoms with Crippen molar-refractivity contribution in [3.05, 3.63) is 35.4 Å². The summed E-state index contributed by atoms with van der Waals surface area (Å²) in [4.78, 5) is 13.2. The molecule has 0 N–H and O–H groups in total. The SMILES string of the molecule is CC(=O)N1CCC(Cc2ccc(C)cc2)CC1.CCCC. The Kier molecular flexibility index (Phi) is 8.11. The van der Waals surface area contributed by atoms with Crippen molar-refractivity contribution in [2.24, 2.45) is 5.92 Å². The average Bonchev–Trinajstić information content (AvgIpc) is 2.50. The van der Waals surface area contributed by atoms with Crippen LogP contribution in [0.1, 0.15) is 57.6 Å². The Balaban J connectivity index is 0.000000491. The number of nitrogens with zero attached hydrogens (tertiary/aromatic N) is 1. The zero-order chi connectivity index (χ0) is 15.7. The second-order valence-electron chi connectivity index (χ2n) is 6.14. The van der Waals surface area contributed by atoms with Crippen LogP contribution in [0.25, 0.3) is 0 Å². The fraction of sp³-hybridized carbons (Fsp3) is 0.632. The van der Waals surface area contributed by atoms with Crippen molar-refractivity contribution in [3.8, 4) is 0 Å². The average molecular weight is 289 g/mol. The van der Waals surface area contributed by atoms with E-state index < -0.39 is 0 Å². The molecular weight excluding hydrogens is 258 g/mol. The third-order valence-corrected chi connectivity index (χ3v) is 4.20. The molecule has 2 nitrogen and oxygen atoms in total. The van der Waals surface area contributed by atoms with Crippen molar-refractivity contribution in [1.29, 1.82) is 0 Å². The molecule has 1 aromatic carbocycles. The van der Waals surface area contributed by atoms with Gasteiger partial charge in [0.2, 0.25) is 5.91 Å². The molecule has 0 saturated carbocycles. The minimum absolute atomic E-state index is 0.221. The Morgan fingerprint density at radius 1 is 1.10 bits per heavy atom. The van der Waals surface area contributed by atoms with Gasteiger partial charge in [-0.25, -0.2) is 0 Å². The predicted molar refractivity (Wildman–Crippen MR) is 90.4 cm³/mol. The molecule has 0 aliphatic carbocycles. The number of benzene rings is 1. The molecular formula is C19H31NO.